The zero-order chi connectivity index (χ0) is 40.0. The van der Waals surface area contributed by atoms with Crippen LogP contribution >= 0.6 is 0 Å². The van der Waals surface area contributed by atoms with Crippen LogP contribution in [-0.4, -0.2) is 61.3 Å². The molecule has 1 aliphatic heterocycles. The van der Waals surface area contributed by atoms with Crippen LogP contribution in [0.5, 0.6) is 0 Å². The Morgan fingerprint density at radius 1 is 0.509 bits per heavy atom. The SMILES string of the molecule is CCCCCCCCCCCCCCCCCCN(CCCCCCCCCCCCCCCCCC)C(=O)COC1CCC(C(C)=O)C(COC(C)=O)O1. The molecule has 7 heteroatoms. The van der Waals surface area contributed by atoms with E-state index in [0.717, 1.165) is 38.8 Å². The third-order valence-electron chi connectivity index (χ3n) is 11.8. The highest BCUT2D eigenvalue weighted by Gasteiger charge is 2.35. The van der Waals surface area contributed by atoms with Crippen molar-refractivity contribution in [3.8, 4) is 0 Å². The zero-order valence-corrected chi connectivity index (χ0v) is 37.0. The minimum absolute atomic E-state index is 0.0204. The van der Waals surface area contributed by atoms with Gasteiger partial charge in [-0.1, -0.05) is 206 Å². The van der Waals surface area contributed by atoms with Crippen molar-refractivity contribution in [2.45, 2.75) is 258 Å². The number of hydrogen-bond donors (Lipinski definition) is 0. The number of nitrogens with zero attached hydrogens (tertiary/aromatic N) is 1. The Labute approximate surface area is 340 Å². The molecule has 0 spiro atoms. The van der Waals surface area contributed by atoms with E-state index in [1.165, 1.54) is 187 Å². The number of unbranched alkanes of at least 4 members (excludes halogenated alkanes) is 30. The number of Topliss-reactive ketones (excluding diaryl/α,β-unsaturated/α-hetero) is 1. The number of amides is 1. The highest BCUT2D eigenvalue weighted by atomic mass is 16.7. The van der Waals surface area contributed by atoms with E-state index >= 15 is 0 Å². The molecule has 0 bridgehead atoms. The second-order valence-electron chi connectivity index (χ2n) is 17.0. The van der Waals surface area contributed by atoms with Crippen molar-refractivity contribution in [2.24, 2.45) is 5.92 Å². The second kappa shape index (κ2) is 38.1. The molecule has 1 aliphatic rings. The average Bonchev–Trinajstić information content (AvgIpc) is 3.17. The third-order valence-corrected chi connectivity index (χ3v) is 11.8. The normalized spacial score (nSPS) is 17.1. The van der Waals surface area contributed by atoms with Crippen molar-refractivity contribution < 1.29 is 28.6 Å². The molecule has 1 fully saturated rings. The fraction of sp³-hybridized carbons (Fsp3) is 0.938. The smallest absolute Gasteiger partial charge is 0.302 e. The average molecular weight is 778 g/mol. The summed E-state index contributed by atoms with van der Waals surface area (Å²) in [6.07, 6.45) is 42.9. The van der Waals surface area contributed by atoms with Crippen LogP contribution in [0.15, 0.2) is 0 Å². The van der Waals surface area contributed by atoms with E-state index < -0.39 is 18.4 Å². The Bertz CT molecular complexity index is 860. The predicted octanol–water partition coefficient (Wildman–Crippen LogP) is 13.6. The molecule has 0 saturated carbocycles. The monoisotopic (exact) mass is 778 g/mol. The molecule has 3 atom stereocenters. The highest BCUT2D eigenvalue weighted by Crippen LogP contribution is 2.27. The minimum atomic E-state index is -0.576. The second-order valence-corrected chi connectivity index (χ2v) is 17.0. The third kappa shape index (κ3) is 31.2. The van der Waals surface area contributed by atoms with E-state index in [-0.39, 0.29) is 30.8 Å². The molecule has 0 N–H and O–H groups in total. The van der Waals surface area contributed by atoms with Crippen LogP contribution in [0.2, 0.25) is 0 Å². The van der Waals surface area contributed by atoms with Gasteiger partial charge in [0.25, 0.3) is 0 Å². The zero-order valence-electron chi connectivity index (χ0n) is 37.0. The number of esters is 1. The summed E-state index contributed by atoms with van der Waals surface area (Å²) in [5.74, 6) is -0.676. The van der Waals surface area contributed by atoms with Gasteiger partial charge >= 0.3 is 5.97 Å². The van der Waals surface area contributed by atoms with Crippen LogP contribution in [0.4, 0.5) is 0 Å². The van der Waals surface area contributed by atoms with E-state index in [4.69, 9.17) is 14.2 Å². The van der Waals surface area contributed by atoms with Gasteiger partial charge in [0.15, 0.2) is 6.29 Å². The maximum absolute atomic E-state index is 13.5. The van der Waals surface area contributed by atoms with Crippen molar-refractivity contribution in [3.05, 3.63) is 0 Å². The Hall–Kier alpha value is -1.47. The van der Waals surface area contributed by atoms with Gasteiger partial charge < -0.3 is 19.1 Å². The lowest BCUT2D eigenvalue weighted by Crippen LogP contribution is -2.44. The Morgan fingerprint density at radius 2 is 0.855 bits per heavy atom. The Kier molecular flexibility index (Phi) is 35.7. The molecule has 0 aliphatic carbocycles. The van der Waals surface area contributed by atoms with Gasteiger partial charge in [-0.25, -0.2) is 0 Å². The quantitative estimate of drug-likeness (QED) is 0.0455. The molecule has 0 aromatic carbocycles. The summed E-state index contributed by atoms with van der Waals surface area (Å²) in [5.41, 5.74) is 0. The van der Waals surface area contributed by atoms with Gasteiger partial charge in [-0.2, -0.15) is 0 Å². The molecule has 1 rings (SSSR count). The molecule has 1 saturated heterocycles. The fourth-order valence-electron chi connectivity index (χ4n) is 8.12. The first-order valence-corrected chi connectivity index (χ1v) is 24.1. The van der Waals surface area contributed by atoms with Crippen LogP contribution in [0.3, 0.4) is 0 Å². The number of ether oxygens (including phenoxy) is 3. The van der Waals surface area contributed by atoms with Gasteiger partial charge in [0.2, 0.25) is 5.91 Å². The van der Waals surface area contributed by atoms with Gasteiger partial charge in [-0.15, -0.1) is 0 Å². The lowest BCUT2D eigenvalue weighted by molar-refractivity contribution is -0.220. The molecule has 0 aromatic rings. The van der Waals surface area contributed by atoms with Crippen LogP contribution in [-0.2, 0) is 28.6 Å². The molecule has 0 radical (unpaired) electrons. The molecular weight excluding hydrogens is 687 g/mol. The summed E-state index contributed by atoms with van der Waals surface area (Å²) in [6.45, 7) is 9.05. The van der Waals surface area contributed by atoms with Crippen molar-refractivity contribution in [3.63, 3.8) is 0 Å². The number of carbonyl (C=O) groups is 3. The topological polar surface area (TPSA) is 82.1 Å². The number of ketones is 1. The molecule has 3 unspecified atom stereocenters. The van der Waals surface area contributed by atoms with Gasteiger partial charge in [-0.3, -0.25) is 14.4 Å². The van der Waals surface area contributed by atoms with Crippen LogP contribution in [0, 0.1) is 5.92 Å². The van der Waals surface area contributed by atoms with Crippen molar-refractivity contribution in [1.82, 2.24) is 4.90 Å². The largest absolute Gasteiger partial charge is 0.463 e. The molecule has 7 nitrogen and oxygen atoms in total. The minimum Gasteiger partial charge on any atom is -0.463 e. The fourth-order valence-corrected chi connectivity index (χ4v) is 8.12. The highest BCUT2D eigenvalue weighted by molar-refractivity contribution is 5.79. The van der Waals surface area contributed by atoms with E-state index in [0.29, 0.717) is 12.8 Å². The summed E-state index contributed by atoms with van der Waals surface area (Å²) in [5, 5.41) is 0. The molecule has 0 aromatic heterocycles. The van der Waals surface area contributed by atoms with Gasteiger partial charge in [0.1, 0.15) is 25.1 Å². The summed E-state index contributed by atoms with van der Waals surface area (Å²) >= 11 is 0. The lowest BCUT2D eigenvalue weighted by Gasteiger charge is -2.35. The van der Waals surface area contributed by atoms with Crippen LogP contribution in [0.1, 0.15) is 246 Å². The Balaban J connectivity index is 2.33. The molecule has 1 heterocycles. The van der Waals surface area contributed by atoms with Crippen molar-refractivity contribution in [2.75, 3.05) is 26.3 Å². The summed E-state index contributed by atoms with van der Waals surface area (Å²) in [7, 11) is 0. The van der Waals surface area contributed by atoms with E-state index in [1.807, 2.05) is 4.90 Å². The summed E-state index contributed by atoms with van der Waals surface area (Å²) in [4.78, 5) is 39.1. The van der Waals surface area contributed by atoms with Crippen LogP contribution < -0.4 is 0 Å². The summed E-state index contributed by atoms with van der Waals surface area (Å²) < 4.78 is 17.2. The van der Waals surface area contributed by atoms with Gasteiger partial charge in [0, 0.05) is 25.9 Å². The maximum atomic E-state index is 13.5. The molecule has 324 valence electrons. The number of carbonyl (C=O) groups excluding carboxylic acids is 3. The van der Waals surface area contributed by atoms with E-state index in [2.05, 4.69) is 13.8 Å². The number of rotatable bonds is 40. The molecule has 55 heavy (non-hydrogen) atoms. The number of hydrogen-bond acceptors (Lipinski definition) is 6. The van der Waals surface area contributed by atoms with Crippen molar-refractivity contribution in [1.29, 1.82) is 0 Å². The Morgan fingerprint density at radius 3 is 1.18 bits per heavy atom. The maximum Gasteiger partial charge on any atom is 0.302 e. The van der Waals surface area contributed by atoms with Crippen LogP contribution in [0.25, 0.3) is 0 Å². The van der Waals surface area contributed by atoms with E-state index in [9.17, 15) is 14.4 Å². The summed E-state index contributed by atoms with van der Waals surface area (Å²) in [6, 6.07) is 0. The van der Waals surface area contributed by atoms with E-state index in [1.54, 1.807) is 6.92 Å². The lowest BCUT2D eigenvalue weighted by atomic mass is 9.91. The standard InChI is InChI=1S/C48H91NO6/c1-5-7-9-11-13-15-17-19-21-23-25-27-29-31-33-35-39-49(40-36-34-32-30-28-26-24-22-20-18-16-14-12-10-8-6-2)47(52)42-54-48-38-37-45(43(3)50)46(55-48)41-53-44(4)51/h45-46,48H,5-42H2,1-4H3. The molecule has 1 amide bonds. The van der Waals surface area contributed by atoms with Gasteiger partial charge in [0.05, 0.1) is 0 Å². The first-order chi connectivity index (χ1) is 26.9. The van der Waals surface area contributed by atoms with Gasteiger partial charge in [-0.05, 0) is 32.6 Å². The van der Waals surface area contributed by atoms with Crippen molar-refractivity contribution >= 4 is 17.7 Å². The first-order valence-electron chi connectivity index (χ1n) is 24.1. The first kappa shape index (κ1) is 51.5. The molecular formula is C48H91NO6. The predicted molar refractivity (Wildman–Crippen MR) is 230 cm³/mol.